The number of hydrogen-bond acceptors (Lipinski definition) is 4. The number of para-hydroxylation sites is 1. The molecule has 29 heavy (non-hydrogen) atoms. The summed E-state index contributed by atoms with van der Waals surface area (Å²) in [4.78, 5) is 36.9. The lowest BCUT2D eigenvalue weighted by Crippen LogP contribution is -2.31. The smallest absolute Gasteiger partial charge is 0.276 e. The van der Waals surface area contributed by atoms with Crippen LogP contribution in [-0.4, -0.2) is 21.6 Å². The number of carbonyl (C=O) groups is 2. The first-order valence-electron chi connectivity index (χ1n) is 9.16. The Kier molecular flexibility index (Phi) is 5.87. The molecule has 148 valence electrons. The van der Waals surface area contributed by atoms with Crippen molar-refractivity contribution in [2.45, 2.75) is 27.3 Å². The van der Waals surface area contributed by atoms with Crippen molar-refractivity contribution in [3.05, 3.63) is 87.3 Å². The highest BCUT2D eigenvalue weighted by Crippen LogP contribution is 2.15. The molecule has 1 aromatic heterocycles. The molecule has 0 fully saturated rings. The van der Waals surface area contributed by atoms with Crippen molar-refractivity contribution in [3.8, 4) is 0 Å². The van der Waals surface area contributed by atoms with Gasteiger partial charge in [0.25, 0.3) is 11.5 Å². The van der Waals surface area contributed by atoms with Crippen LogP contribution >= 0.6 is 0 Å². The minimum absolute atomic E-state index is 0.0477. The van der Waals surface area contributed by atoms with E-state index in [-0.39, 0.29) is 12.2 Å². The lowest BCUT2D eigenvalue weighted by Gasteiger charge is -2.10. The van der Waals surface area contributed by atoms with Crippen LogP contribution in [0, 0.1) is 20.8 Å². The maximum absolute atomic E-state index is 12.5. The first-order chi connectivity index (χ1) is 13.8. The van der Waals surface area contributed by atoms with Crippen molar-refractivity contribution in [1.29, 1.82) is 0 Å². The van der Waals surface area contributed by atoms with Crippen LogP contribution in [0.5, 0.6) is 0 Å². The Morgan fingerprint density at radius 3 is 2.38 bits per heavy atom. The molecule has 0 bridgehead atoms. The standard InChI is InChI=1S/C22H22N4O3/c1-14-8-9-17(12-16(14)3)23-22(29)19-10-11-21(28)26(25-19)13-20(27)24-18-7-5-4-6-15(18)2/h4-12H,13H2,1-3H3,(H,23,29)(H,24,27). The van der Waals surface area contributed by atoms with E-state index >= 15 is 0 Å². The van der Waals surface area contributed by atoms with Gasteiger partial charge in [0.2, 0.25) is 5.91 Å². The van der Waals surface area contributed by atoms with E-state index in [0.29, 0.717) is 11.4 Å². The Bertz CT molecular complexity index is 1130. The molecule has 7 heteroatoms. The summed E-state index contributed by atoms with van der Waals surface area (Å²) >= 11 is 0. The van der Waals surface area contributed by atoms with Gasteiger partial charge in [-0.15, -0.1) is 0 Å². The number of nitrogens with one attached hydrogen (secondary N) is 2. The zero-order valence-electron chi connectivity index (χ0n) is 16.5. The van der Waals surface area contributed by atoms with Gasteiger partial charge < -0.3 is 10.6 Å². The van der Waals surface area contributed by atoms with Gasteiger partial charge in [-0.1, -0.05) is 24.3 Å². The summed E-state index contributed by atoms with van der Waals surface area (Å²) in [5, 5.41) is 9.55. The minimum Gasteiger partial charge on any atom is -0.324 e. The van der Waals surface area contributed by atoms with E-state index in [9.17, 15) is 14.4 Å². The van der Waals surface area contributed by atoms with Gasteiger partial charge in [0.15, 0.2) is 0 Å². The predicted molar refractivity (Wildman–Crippen MR) is 112 cm³/mol. The average Bonchev–Trinajstić information content (AvgIpc) is 2.68. The van der Waals surface area contributed by atoms with Crippen LogP contribution in [0.4, 0.5) is 11.4 Å². The van der Waals surface area contributed by atoms with E-state index in [1.807, 2.05) is 51.1 Å². The molecule has 1 heterocycles. The Hall–Kier alpha value is -3.74. The lowest BCUT2D eigenvalue weighted by molar-refractivity contribution is -0.117. The molecule has 0 aliphatic rings. The summed E-state index contributed by atoms with van der Waals surface area (Å²) in [5.74, 6) is -0.859. The van der Waals surface area contributed by atoms with Crippen molar-refractivity contribution in [3.63, 3.8) is 0 Å². The van der Waals surface area contributed by atoms with Crippen LogP contribution in [0.1, 0.15) is 27.2 Å². The molecule has 0 aliphatic carbocycles. The number of nitrogens with zero attached hydrogens (tertiary/aromatic N) is 2. The number of aryl methyl sites for hydroxylation is 3. The summed E-state index contributed by atoms with van der Waals surface area (Å²) in [6, 6.07) is 15.5. The summed E-state index contributed by atoms with van der Waals surface area (Å²) in [7, 11) is 0. The normalized spacial score (nSPS) is 10.4. The minimum atomic E-state index is -0.465. The van der Waals surface area contributed by atoms with Crippen LogP contribution in [0.15, 0.2) is 59.4 Å². The molecule has 7 nitrogen and oxygen atoms in total. The summed E-state index contributed by atoms with van der Waals surface area (Å²) in [6.07, 6.45) is 0. The molecule has 2 N–H and O–H groups in total. The van der Waals surface area contributed by atoms with Crippen molar-refractivity contribution in [1.82, 2.24) is 9.78 Å². The Labute approximate surface area is 168 Å². The zero-order valence-corrected chi connectivity index (χ0v) is 16.5. The second-order valence-electron chi connectivity index (χ2n) is 6.83. The predicted octanol–water partition coefficient (Wildman–Crippen LogP) is 3.06. The fourth-order valence-corrected chi connectivity index (χ4v) is 2.74. The van der Waals surface area contributed by atoms with Crippen LogP contribution < -0.4 is 16.2 Å². The van der Waals surface area contributed by atoms with E-state index in [2.05, 4.69) is 15.7 Å². The number of aromatic nitrogens is 2. The molecule has 0 spiro atoms. The molecule has 0 radical (unpaired) electrons. The van der Waals surface area contributed by atoms with Gasteiger partial charge in [0.05, 0.1) is 0 Å². The second kappa shape index (κ2) is 8.52. The molecular weight excluding hydrogens is 368 g/mol. The van der Waals surface area contributed by atoms with Crippen molar-refractivity contribution in [2.75, 3.05) is 10.6 Å². The van der Waals surface area contributed by atoms with E-state index in [4.69, 9.17) is 0 Å². The third-order valence-electron chi connectivity index (χ3n) is 4.58. The molecule has 0 saturated carbocycles. The first kappa shape index (κ1) is 20.0. The third-order valence-corrected chi connectivity index (χ3v) is 4.58. The van der Waals surface area contributed by atoms with E-state index in [1.165, 1.54) is 12.1 Å². The Morgan fingerprint density at radius 1 is 0.897 bits per heavy atom. The number of amides is 2. The number of carbonyl (C=O) groups excluding carboxylic acids is 2. The quantitative estimate of drug-likeness (QED) is 0.700. The highest BCUT2D eigenvalue weighted by atomic mass is 16.2. The number of anilines is 2. The molecule has 0 aliphatic heterocycles. The Balaban J connectivity index is 1.74. The van der Waals surface area contributed by atoms with Crippen LogP contribution in [-0.2, 0) is 11.3 Å². The SMILES string of the molecule is Cc1ccc(NC(=O)c2ccc(=O)n(CC(=O)Nc3ccccc3C)n2)cc1C. The van der Waals surface area contributed by atoms with Gasteiger partial charge in [-0.2, -0.15) is 5.10 Å². The summed E-state index contributed by atoms with van der Waals surface area (Å²) < 4.78 is 0.975. The van der Waals surface area contributed by atoms with E-state index in [1.54, 1.807) is 12.1 Å². The largest absolute Gasteiger partial charge is 0.324 e. The van der Waals surface area contributed by atoms with Gasteiger partial charge in [-0.05, 0) is 61.7 Å². The monoisotopic (exact) mass is 390 g/mol. The molecule has 2 amide bonds. The number of benzene rings is 2. The molecular formula is C22H22N4O3. The van der Waals surface area contributed by atoms with Gasteiger partial charge in [0.1, 0.15) is 12.2 Å². The first-order valence-corrected chi connectivity index (χ1v) is 9.16. The van der Waals surface area contributed by atoms with Crippen molar-refractivity contribution in [2.24, 2.45) is 0 Å². The topological polar surface area (TPSA) is 93.1 Å². The summed E-state index contributed by atoms with van der Waals surface area (Å²) in [6.45, 7) is 5.52. The molecule has 3 rings (SSSR count). The van der Waals surface area contributed by atoms with Gasteiger partial charge >= 0.3 is 0 Å². The van der Waals surface area contributed by atoms with Crippen molar-refractivity contribution >= 4 is 23.2 Å². The molecule has 2 aromatic carbocycles. The average molecular weight is 390 g/mol. The molecule has 0 saturated heterocycles. The maximum Gasteiger partial charge on any atom is 0.276 e. The molecule has 3 aromatic rings. The van der Waals surface area contributed by atoms with Crippen LogP contribution in [0.3, 0.4) is 0 Å². The second-order valence-corrected chi connectivity index (χ2v) is 6.83. The van der Waals surface area contributed by atoms with Crippen molar-refractivity contribution < 1.29 is 9.59 Å². The lowest BCUT2D eigenvalue weighted by atomic mass is 10.1. The molecule has 0 atom stereocenters. The maximum atomic E-state index is 12.5. The van der Waals surface area contributed by atoms with Gasteiger partial charge in [0, 0.05) is 17.4 Å². The fourth-order valence-electron chi connectivity index (χ4n) is 2.74. The Morgan fingerprint density at radius 2 is 1.66 bits per heavy atom. The van der Waals surface area contributed by atoms with E-state index in [0.717, 1.165) is 21.4 Å². The highest BCUT2D eigenvalue weighted by Gasteiger charge is 2.13. The van der Waals surface area contributed by atoms with Crippen LogP contribution in [0.2, 0.25) is 0 Å². The van der Waals surface area contributed by atoms with Gasteiger partial charge in [-0.3, -0.25) is 14.4 Å². The highest BCUT2D eigenvalue weighted by molar-refractivity contribution is 6.02. The third kappa shape index (κ3) is 4.95. The zero-order chi connectivity index (χ0) is 21.0. The fraction of sp³-hybridized carbons (Fsp3) is 0.182. The van der Waals surface area contributed by atoms with Crippen LogP contribution in [0.25, 0.3) is 0 Å². The molecule has 0 unspecified atom stereocenters. The van der Waals surface area contributed by atoms with E-state index < -0.39 is 17.4 Å². The number of rotatable bonds is 5. The number of hydrogen-bond donors (Lipinski definition) is 2. The van der Waals surface area contributed by atoms with Gasteiger partial charge in [-0.25, -0.2) is 4.68 Å². The summed E-state index contributed by atoms with van der Waals surface area (Å²) in [5.41, 5.74) is 3.95.